The summed E-state index contributed by atoms with van der Waals surface area (Å²) >= 11 is 0. The Morgan fingerprint density at radius 2 is 2.05 bits per heavy atom. The van der Waals surface area contributed by atoms with Crippen molar-refractivity contribution in [2.75, 3.05) is 0 Å². The lowest BCUT2D eigenvalue weighted by molar-refractivity contribution is -0.150. The molecule has 2 saturated carbocycles. The molecule has 0 aromatic carbocycles. The summed E-state index contributed by atoms with van der Waals surface area (Å²) in [4.78, 5) is 12.1. The maximum absolute atomic E-state index is 12.1. The van der Waals surface area contributed by atoms with Crippen molar-refractivity contribution >= 4 is 5.97 Å². The van der Waals surface area contributed by atoms with Crippen LogP contribution in [0.4, 0.5) is 0 Å². The zero-order valence-corrected chi connectivity index (χ0v) is 13.1. The highest BCUT2D eigenvalue weighted by atomic mass is 16.4. The molecular weight excluding hydrogens is 264 g/mol. The molecule has 0 heterocycles. The van der Waals surface area contributed by atoms with Gasteiger partial charge in [0.25, 0.3) is 0 Å². The van der Waals surface area contributed by atoms with Crippen LogP contribution < -0.4 is 0 Å². The van der Waals surface area contributed by atoms with E-state index in [1.54, 1.807) is 0 Å². The van der Waals surface area contributed by atoms with E-state index in [-0.39, 0.29) is 29.1 Å². The van der Waals surface area contributed by atoms with Gasteiger partial charge in [0.2, 0.25) is 0 Å². The fourth-order valence-corrected chi connectivity index (χ4v) is 5.63. The Morgan fingerprint density at radius 1 is 1.38 bits per heavy atom. The van der Waals surface area contributed by atoms with E-state index >= 15 is 0 Å². The molecule has 0 saturated heterocycles. The van der Waals surface area contributed by atoms with Gasteiger partial charge in [-0.25, -0.2) is 0 Å². The first-order valence-electron chi connectivity index (χ1n) is 8.07. The van der Waals surface area contributed by atoms with Crippen molar-refractivity contribution in [3.8, 4) is 0 Å². The topological polar surface area (TPSA) is 57.5 Å². The number of hydrogen-bond acceptors (Lipinski definition) is 2. The molecule has 0 aromatic rings. The average Bonchev–Trinajstić information content (AvgIpc) is 2.69. The molecule has 0 bridgehead atoms. The molecule has 3 aliphatic carbocycles. The second-order valence-electron chi connectivity index (χ2n) is 7.60. The van der Waals surface area contributed by atoms with Crippen molar-refractivity contribution in [2.45, 2.75) is 39.7 Å². The van der Waals surface area contributed by atoms with Gasteiger partial charge in [-0.05, 0) is 47.8 Å². The predicted octanol–water partition coefficient (Wildman–Crippen LogP) is 3.11. The standard InChI is InChI=1S/C18H26O3/c1-9-5-7-13-12-6-8-14(19)10(2)15(12)16(17(20)21)18(13,4)11(9)3/h6,8,10-16,19H,1,5,7H2,2-4H3,(H,20,21)/t10?,11-,12?,13?,14?,15?,16?,18+/m0/s1. The van der Waals surface area contributed by atoms with Gasteiger partial charge in [0, 0.05) is 0 Å². The predicted molar refractivity (Wildman–Crippen MR) is 81.6 cm³/mol. The molecule has 116 valence electrons. The Kier molecular flexibility index (Phi) is 3.32. The molecule has 2 N–H and O–H groups in total. The van der Waals surface area contributed by atoms with Crippen molar-refractivity contribution in [1.82, 2.24) is 0 Å². The largest absolute Gasteiger partial charge is 0.481 e. The maximum atomic E-state index is 12.1. The minimum atomic E-state index is -0.703. The molecule has 6 unspecified atom stereocenters. The van der Waals surface area contributed by atoms with E-state index in [0.29, 0.717) is 5.92 Å². The molecule has 0 radical (unpaired) electrons. The third-order valence-corrected chi connectivity index (χ3v) is 7.03. The first-order valence-corrected chi connectivity index (χ1v) is 8.07. The number of allylic oxidation sites excluding steroid dienone is 2. The lowest BCUT2D eigenvalue weighted by Crippen LogP contribution is -2.44. The quantitative estimate of drug-likeness (QED) is 0.730. The van der Waals surface area contributed by atoms with E-state index in [2.05, 4.69) is 26.5 Å². The summed E-state index contributed by atoms with van der Waals surface area (Å²) in [7, 11) is 0. The summed E-state index contributed by atoms with van der Waals surface area (Å²) in [6.45, 7) is 10.5. The lowest BCUT2D eigenvalue weighted by Gasteiger charge is -2.46. The van der Waals surface area contributed by atoms with Gasteiger partial charge in [-0.15, -0.1) is 0 Å². The van der Waals surface area contributed by atoms with Crippen molar-refractivity contribution in [1.29, 1.82) is 0 Å². The van der Waals surface area contributed by atoms with Crippen LogP contribution in [0.3, 0.4) is 0 Å². The van der Waals surface area contributed by atoms with Crippen LogP contribution in [0.1, 0.15) is 33.6 Å². The zero-order chi connectivity index (χ0) is 15.5. The van der Waals surface area contributed by atoms with Gasteiger partial charge in [0.15, 0.2) is 0 Å². The second-order valence-corrected chi connectivity index (χ2v) is 7.60. The molecule has 3 aliphatic rings. The number of carboxylic acids is 1. The Morgan fingerprint density at radius 3 is 2.67 bits per heavy atom. The fraction of sp³-hybridized carbons (Fsp3) is 0.722. The van der Waals surface area contributed by atoms with Crippen LogP contribution in [0.15, 0.2) is 24.3 Å². The van der Waals surface area contributed by atoms with Crippen molar-refractivity contribution in [3.05, 3.63) is 24.3 Å². The van der Waals surface area contributed by atoms with Crippen LogP contribution in [0, 0.1) is 40.9 Å². The van der Waals surface area contributed by atoms with Gasteiger partial charge < -0.3 is 10.2 Å². The van der Waals surface area contributed by atoms with E-state index in [4.69, 9.17) is 0 Å². The average molecular weight is 290 g/mol. The number of carboxylic acid groups (broad SMARTS) is 1. The molecule has 3 rings (SSSR count). The van der Waals surface area contributed by atoms with E-state index in [1.807, 2.05) is 13.0 Å². The van der Waals surface area contributed by atoms with Crippen LogP contribution in [0.25, 0.3) is 0 Å². The van der Waals surface area contributed by atoms with Gasteiger partial charge >= 0.3 is 5.97 Å². The molecule has 0 amide bonds. The summed E-state index contributed by atoms with van der Waals surface area (Å²) in [6.07, 6.45) is 5.49. The van der Waals surface area contributed by atoms with Crippen molar-refractivity contribution in [2.24, 2.45) is 40.9 Å². The summed E-state index contributed by atoms with van der Waals surface area (Å²) in [5.41, 5.74) is 0.940. The van der Waals surface area contributed by atoms with Gasteiger partial charge in [0.1, 0.15) is 0 Å². The second kappa shape index (κ2) is 4.70. The molecule has 2 fully saturated rings. The number of rotatable bonds is 1. The summed E-state index contributed by atoms with van der Waals surface area (Å²) < 4.78 is 0. The van der Waals surface area contributed by atoms with Gasteiger partial charge in [-0.2, -0.15) is 0 Å². The first-order chi connectivity index (χ1) is 9.80. The number of aliphatic hydroxyl groups is 1. The van der Waals surface area contributed by atoms with Crippen LogP contribution in [-0.2, 0) is 4.79 Å². The normalized spacial score (nSPS) is 52.4. The monoisotopic (exact) mass is 290 g/mol. The molecule has 3 nitrogen and oxygen atoms in total. The smallest absolute Gasteiger partial charge is 0.307 e. The Balaban J connectivity index is 2.12. The summed E-state index contributed by atoms with van der Waals surface area (Å²) in [6, 6.07) is 0. The Labute approximate surface area is 126 Å². The highest BCUT2D eigenvalue weighted by Gasteiger charge is 2.64. The van der Waals surface area contributed by atoms with Crippen LogP contribution in [0.2, 0.25) is 0 Å². The van der Waals surface area contributed by atoms with Gasteiger partial charge in [-0.3, -0.25) is 4.79 Å². The molecule has 8 atom stereocenters. The molecule has 0 aliphatic heterocycles. The minimum Gasteiger partial charge on any atom is -0.481 e. The van der Waals surface area contributed by atoms with E-state index in [9.17, 15) is 15.0 Å². The van der Waals surface area contributed by atoms with Crippen molar-refractivity contribution < 1.29 is 15.0 Å². The Hall–Kier alpha value is -1.09. The number of aliphatic carboxylic acids is 1. The summed E-state index contributed by atoms with van der Waals surface area (Å²) in [5.74, 6) is -0.170. The number of aliphatic hydroxyl groups excluding tert-OH is 1. The van der Waals surface area contributed by atoms with E-state index in [0.717, 1.165) is 12.8 Å². The fourth-order valence-electron chi connectivity index (χ4n) is 5.63. The third kappa shape index (κ3) is 1.79. The molecule has 0 aromatic heterocycles. The van der Waals surface area contributed by atoms with Crippen molar-refractivity contribution in [3.63, 3.8) is 0 Å². The SMILES string of the molecule is C=C1CCC2C3C=CC(O)C(C)C3C(C(=O)O)[C@]2(C)[C@H]1C. The minimum absolute atomic E-state index is 0.00369. The maximum Gasteiger partial charge on any atom is 0.307 e. The molecule has 0 spiro atoms. The van der Waals surface area contributed by atoms with Crippen LogP contribution in [-0.4, -0.2) is 22.3 Å². The molecular formula is C18H26O3. The number of carbonyl (C=O) groups is 1. The lowest BCUT2D eigenvalue weighted by atomic mass is 9.57. The van der Waals surface area contributed by atoms with E-state index < -0.39 is 18.0 Å². The van der Waals surface area contributed by atoms with Gasteiger partial charge in [-0.1, -0.05) is 45.1 Å². The number of fused-ring (bicyclic) bond motifs is 3. The molecule has 21 heavy (non-hydrogen) atoms. The van der Waals surface area contributed by atoms with Gasteiger partial charge in [0.05, 0.1) is 12.0 Å². The number of hydrogen-bond donors (Lipinski definition) is 2. The zero-order valence-electron chi connectivity index (χ0n) is 13.1. The van der Waals surface area contributed by atoms with Crippen LogP contribution >= 0.6 is 0 Å². The highest BCUT2D eigenvalue weighted by Crippen LogP contribution is 2.66. The first kappa shape index (κ1) is 14.8. The van der Waals surface area contributed by atoms with E-state index in [1.165, 1.54) is 5.57 Å². The molecule has 3 heteroatoms. The Bertz CT molecular complexity index is 509. The summed E-state index contributed by atoms with van der Waals surface area (Å²) in [5, 5.41) is 20.1. The third-order valence-electron chi connectivity index (χ3n) is 7.03. The van der Waals surface area contributed by atoms with Crippen LogP contribution in [0.5, 0.6) is 0 Å². The highest BCUT2D eigenvalue weighted by molar-refractivity contribution is 5.73.